The van der Waals surface area contributed by atoms with Crippen molar-refractivity contribution in [3.05, 3.63) is 30.1 Å². The Balaban J connectivity index is 1.54. The molecule has 1 aliphatic heterocycles. The monoisotopic (exact) mass is 413 g/mol. The lowest BCUT2D eigenvalue weighted by atomic mass is 10.0. The van der Waals surface area contributed by atoms with Crippen molar-refractivity contribution in [3.8, 4) is 5.69 Å². The molecule has 7 nitrogen and oxygen atoms in total. The lowest BCUT2D eigenvalue weighted by molar-refractivity contribution is -0.130. The summed E-state index contributed by atoms with van der Waals surface area (Å²) in [5.74, 6) is 2.34. The van der Waals surface area contributed by atoms with Crippen LogP contribution in [0.5, 0.6) is 0 Å². The third-order valence-corrected chi connectivity index (χ3v) is 6.27. The zero-order chi connectivity index (χ0) is 20.4. The number of piperidine rings is 1. The summed E-state index contributed by atoms with van der Waals surface area (Å²) in [6, 6.07) is 7.68. The quantitative estimate of drug-likeness (QED) is 0.734. The maximum atomic E-state index is 12.7. The number of carbonyl (C=O) groups is 2. The van der Waals surface area contributed by atoms with Crippen molar-refractivity contribution in [1.29, 1.82) is 0 Å². The van der Waals surface area contributed by atoms with Crippen LogP contribution in [-0.4, -0.2) is 50.3 Å². The second-order valence-electron chi connectivity index (χ2n) is 8.06. The minimum atomic E-state index is -0.107. The van der Waals surface area contributed by atoms with Gasteiger partial charge in [0, 0.05) is 31.6 Å². The van der Waals surface area contributed by atoms with Gasteiger partial charge in [-0.1, -0.05) is 24.8 Å². The van der Waals surface area contributed by atoms with Crippen LogP contribution >= 0.6 is 11.8 Å². The van der Waals surface area contributed by atoms with Gasteiger partial charge in [-0.2, -0.15) is 0 Å². The number of carbonyl (C=O) groups excluding carboxylic acids is 2. The van der Waals surface area contributed by atoms with Crippen molar-refractivity contribution < 1.29 is 9.59 Å². The number of amides is 2. The van der Waals surface area contributed by atoms with E-state index in [1.807, 2.05) is 33.7 Å². The number of anilines is 1. The molecule has 1 saturated carbocycles. The summed E-state index contributed by atoms with van der Waals surface area (Å²) in [5.41, 5.74) is 1.64. The normalized spacial score (nSPS) is 19.2. The molecule has 1 saturated heterocycles. The molecule has 2 amide bonds. The Hall–Kier alpha value is -2.35. The molecule has 1 aromatic carbocycles. The molecular formula is C21H27N5O2S. The van der Waals surface area contributed by atoms with E-state index in [9.17, 15) is 9.59 Å². The fourth-order valence-electron chi connectivity index (χ4n) is 3.78. The molecule has 1 atom stereocenters. The first-order valence-corrected chi connectivity index (χ1v) is 11.2. The highest BCUT2D eigenvalue weighted by atomic mass is 32.2. The van der Waals surface area contributed by atoms with Gasteiger partial charge in [-0.15, -0.1) is 10.2 Å². The molecule has 2 heterocycles. The number of nitrogens with zero attached hydrogens (tertiary/aromatic N) is 4. The molecule has 1 N–H and O–H groups in total. The number of benzene rings is 1. The van der Waals surface area contributed by atoms with Gasteiger partial charge in [-0.05, 0) is 49.8 Å². The molecular weight excluding hydrogens is 386 g/mol. The highest BCUT2D eigenvalue weighted by Gasteiger charge is 2.31. The van der Waals surface area contributed by atoms with Crippen LogP contribution in [0.4, 0.5) is 5.69 Å². The highest BCUT2D eigenvalue weighted by Crippen LogP contribution is 2.41. The number of thioether (sulfide) groups is 1. The van der Waals surface area contributed by atoms with Crippen LogP contribution in [0.1, 0.15) is 51.3 Å². The van der Waals surface area contributed by atoms with Gasteiger partial charge in [0.25, 0.3) is 0 Å². The summed E-state index contributed by atoms with van der Waals surface area (Å²) in [4.78, 5) is 26.1. The number of nitrogens with one attached hydrogen (secondary N) is 1. The number of hydrogen-bond donors (Lipinski definition) is 1. The first-order valence-electron chi connectivity index (χ1n) is 10.2. The van der Waals surface area contributed by atoms with E-state index in [0.29, 0.717) is 17.6 Å². The number of aromatic nitrogens is 3. The van der Waals surface area contributed by atoms with Crippen LogP contribution in [0.15, 0.2) is 29.4 Å². The summed E-state index contributed by atoms with van der Waals surface area (Å²) < 4.78 is 2.04. The molecule has 1 aromatic heterocycles. The smallest absolute Gasteiger partial charge is 0.233 e. The zero-order valence-corrected chi connectivity index (χ0v) is 17.7. The predicted octanol–water partition coefficient (Wildman–Crippen LogP) is 3.45. The van der Waals surface area contributed by atoms with Crippen LogP contribution in [-0.2, 0) is 9.59 Å². The summed E-state index contributed by atoms with van der Waals surface area (Å²) >= 11 is 1.44. The van der Waals surface area contributed by atoms with E-state index in [0.717, 1.165) is 54.7 Å². The van der Waals surface area contributed by atoms with Crippen molar-refractivity contribution in [2.24, 2.45) is 5.92 Å². The summed E-state index contributed by atoms with van der Waals surface area (Å²) in [5, 5.41) is 12.4. The second-order valence-corrected chi connectivity index (χ2v) is 9.00. The zero-order valence-electron chi connectivity index (χ0n) is 16.9. The SMILES string of the molecule is CC(=O)Nc1cccc(-n2c(SCC(=O)N3CCCC(C)C3)nnc2C2CC2)c1. The largest absolute Gasteiger partial charge is 0.342 e. The third-order valence-electron chi connectivity index (χ3n) is 5.36. The van der Waals surface area contributed by atoms with Crippen LogP contribution in [0, 0.1) is 5.92 Å². The molecule has 1 unspecified atom stereocenters. The van der Waals surface area contributed by atoms with E-state index in [4.69, 9.17) is 0 Å². The van der Waals surface area contributed by atoms with Gasteiger partial charge in [-0.3, -0.25) is 14.2 Å². The maximum absolute atomic E-state index is 12.7. The first kappa shape index (κ1) is 19.9. The molecule has 154 valence electrons. The lowest BCUT2D eigenvalue weighted by Gasteiger charge is -2.30. The average Bonchev–Trinajstić information content (AvgIpc) is 3.45. The third kappa shape index (κ3) is 4.80. The van der Waals surface area contributed by atoms with E-state index >= 15 is 0 Å². The van der Waals surface area contributed by atoms with Crippen LogP contribution in [0.25, 0.3) is 5.69 Å². The van der Waals surface area contributed by atoms with Crippen LogP contribution in [0.3, 0.4) is 0 Å². The molecule has 2 aromatic rings. The van der Waals surface area contributed by atoms with E-state index in [2.05, 4.69) is 22.4 Å². The van der Waals surface area contributed by atoms with Crippen LogP contribution < -0.4 is 5.32 Å². The first-order chi connectivity index (χ1) is 14.0. The Morgan fingerprint density at radius 2 is 2.07 bits per heavy atom. The molecule has 8 heteroatoms. The van der Waals surface area contributed by atoms with Crippen molar-refractivity contribution in [2.45, 2.75) is 50.6 Å². The van der Waals surface area contributed by atoms with Gasteiger partial charge in [0.2, 0.25) is 11.8 Å². The maximum Gasteiger partial charge on any atom is 0.233 e. The average molecular weight is 414 g/mol. The topological polar surface area (TPSA) is 80.1 Å². The Morgan fingerprint density at radius 1 is 1.24 bits per heavy atom. The summed E-state index contributed by atoms with van der Waals surface area (Å²) in [6.07, 6.45) is 4.49. The van der Waals surface area contributed by atoms with E-state index in [1.54, 1.807) is 0 Å². The molecule has 2 fully saturated rings. The van der Waals surface area contributed by atoms with E-state index < -0.39 is 0 Å². The van der Waals surface area contributed by atoms with Gasteiger partial charge >= 0.3 is 0 Å². The van der Waals surface area contributed by atoms with Crippen molar-refractivity contribution in [2.75, 3.05) is 24.2 Å². The van der Waals surface area contributed by atoms with Crippen molar-refractivity contribution in [3.63, 3.8) is 0 Å². The standard InChI is InChI=1S/C21H27N5O2S/c1-14-5-4-10-25(12-14)19(28)13-29-21-24-23-20(16-8-9-16)26(21)18-7-3-6-17(11-18)22-15(2)27/h3,6-7,11,14,16H,4-5,8-10,12-13H2,1-2H3,(H,22,27). The number of rotatable bonds is 6. The van der Waals surface area contributed by atoms with Gasteiger partial charge in [0.1, 0.15) is 5.82 Å². The Morgan fingerprint density at radius 3 is 2.79 bits per heavy atom. The molecule has 0 radical (unpaired) electrons. The van der Waals surface area contributed by atoms with E-state index in [1.165, 1.54) is 25.1 Å². The fourth-order valence-corrected chi connectivity index (χ4v) is 4.64. The minimum Gasteiger partial charge on any atom is -0.342 e. The molecule has 1 aliphatic carbocycles. The van der Waals surface area contributed by atoms with Crippen LogP contribution in [0.2, 0.25) is 0 Å². The highest BCUT2D eigenvalue weighted by molar-refractivity contribution is 7.99. The summed E-state index contributed by atoms with van der Waals surface area (Å²) in [6.45, 7) is 5.39. The Bertz CT molecular complexity index is 908. The van der Waals surface area contributed by atoms with Gasteiger partial charge in [-0.25, -0.2) is 0 Å². The Labute approximate surface area is 175 Å². The predicted molar refractivity (Wildman–Crippen MR) is 113 cm³/mol. The fraction of sp³-hybridized carbons (Fsp3) is 0.524. The molecule has 4 rings (SSSR count). The summed E-state index contributed by atoms with van der Waals surface area (Å²) in [7, 11) is 0. The number of hydrogen-bond acceptors (Lipinski definition) is 5. The Kier molecular flexibility index (Phi) is 5.89. The van der Waals surface area contributed by atoms with Gasteiger partial charge < -0.3 is 10.2 Å². The molecule has 2 aliphatic rings. The van der Waals surface area contributed by atoms with E-state index in [-0.39, 0.29) is 11.8 Å². The lowest BCUT2D eigenvalue weighted by Crippen LogP contribution is -2.40. The second kappa shape index (κ2) is 8.57. The molecule has 0 spiro atoms. The number of likely N-dealkylation sites (tertiary alicyclic amines) is 1. The minimum absolute atomic E-state index is 0.107. The van der Waals surface area contributed by atoms with Crippen molar-refractivity contribution >= 4 is 29.3 Å². The van der Waals surface area contributed by atoms with Crippen molar-refractivity contribution in [1.82, 2.24) is 19.7 Å². The van der Waals surface area contributed by atoms with Gasteiger partial charge in [0.15, 0.2) is 5.16 Å². The van der Waals surface area contributed by atoms with Gasteiger partial charge in [0.05, 0.1) is 11.4 Å². The molecule has 29 heavy (non-hydrogen) atoms. The molecule has 0 bridgehead atoms.